The van der Waals surface area contributed by atoms with E-state index in [1.54, 1.807) is 31.2 Å². The van der Waals surface area contributed by atoms with Gasteiger partial charge in [0.05, 0.1) is 18.0 Å². The Balaban J connectivity index is 1.91. The molecule has 0 N–H and O–H groups in total. The molecule has 1 amide bonds. The molecule has 0 radical (unpaired) electrons. The number of hydrogen-bond acceptors (Lipinski definition) is 4. The molecule has 7 nitrogen and oxygen atoms in total. The maximum absolute atomic E-state index is 11.8. The maximum Gasteiger partial charge on any atom is 0.256 e. The summed E-state index contributed by atoms with van der Waals surface area (Å²) < 4.78 is 26.2. The summed E-state index contributed by atoms with van der Waals surface area (Å²) in [6.07, 6.45) is 6.23. The van der Waals surface area contributed by atoms with Crippen molar-refractivity contribution in [1.29, 1.82) is 0 Å². The van der Waals surface area contributed by atoms with E-state index in [0.717, 1.165) is 19.4 Å². The minimum absolute atomic E-state index is 0.0619. The fraction of sp³-hybridized carbons (Fsp3) is 0.692. The molecule has 1 saturated heterocycles. The Kier molecular flexibility index (Phi) is 4.67. The summed E-state index contributed by atoms with van der Waals surface area (Å²) in [5.74, 6) is 0.332. The van der Waals surface area contributed by atoms with E-state index < -0.39 is 10.0 Å². The molecule has 21 heavy (non-hydrogen) atoms. The van der Waals surface area contributed by atoms with Crippen molar-refractivity contribution in [1.82, 2.24) is 19.0 Å². The Morgan fingerprint density at radius 1 is 1.38 bits per heavy atom. The Bertz CT molecular complexity index is 601. The van der Waals surface area contributed by atoms with Crippen LogP contribution in [0, 0.1) is 5.92 Å². The van der Waals surface area contributed by atoms with E-state index in [1.807, 2.05) is 0 Å². The lowest BCUT2D eigenvalue weighted by atomic mass is 9.98. The molecule has 8 heteroatoms. The van der Waals surface area contributed by atoms with Crippen LogP contribution in [0.1, 0.15) is 23.2 Å². The van der Waals surface area contributed by atoms with E-state index in [2.05, 4.69) is 5.10 Å². The lowest BCUT2D eigenvalue weighted by Crippen LogP contribution is -2.38. The number of sulfonamides is 1. The lowest BCUT2D eigenvalue weighted by Gasteiger charge is -2.30. The largest absolute Gasteiger partial charge is 0.345 e. The number of rotatable bonds is 4. The summed E-state index contributed by atoms with van der Waals surface area (Å²) >= 11 is 0. The quantitative estimate of drug-likeness (QED) is 0.799. The summed E-state index contributed by atoms with van der Waals surface area (Å²) in [5, 5.41) is 4.22. The summed E-state index contributed by atoms with van der Waals surface area (Å²) in [4.78, 5) is 13.3. The SMILES string of the molecule is CN(C)C(=O)c1cnn(CC2CCN(S(C)(=O)=O)CC2)c1. The van der Waals surface area contributed by atoms with E-state index in [1.165, 1.54) is 15.5 Å². The zero-order chi connectivity index (χ0) is 15.6. The van der Waals surface area contributed by atoms with Gasteiger partial charge in [0.1, 0.15) is 0 Å². The van der Waals surface area contributed by atoms with Gasteiger partial charge in [-0.2, -0.15) is 5.10 Å². The highest BCUT2D eigenvalue weighted by Gasteiger charge is 2.25. The summed E-state index contributed by atoms with van der Waals surface area (Å²) in [7, 11) is 0.340. The molecule has 1 aliphatic rings. The molecule has 0 saturated carbocycles. The highest BCUT2D eigenvalue weighted by Crippen LogP contribution is 2.20. The van der Waals surface area contributed by atoms with Crippen molar-refractivity contribution < 1.29 is 13.2 Å². The molecule has 1 aliphatic heterocycles. The second-order valence-corrected chi connectivity index (χ2v) is 7.74. The number of amides is 1. The van der Waals surface area contributed by atoms with Gasteiger partial charge in [-0.05, 0) is 18.8 Å². The molecule has 0 spiro atoms. The molecule has 1 aromatic rings. The first-order valence-corrected chi connectivity index (χ1v) is 8.81. The van der Waals surface area contributed by atoms with Crippen molar-refractivity contribution in [3.8, 4) is 0 Å². The summed E-state index contributed by atoms with van der Waals surface area (Å²) in [6, 6.07) is 0. The number of nitrogens with zero attached hydrogens (tertiary/aromatic N) is 4. The van der Waals surface area contributed by atoms with Crippen molar-refractivity contribution in [2.75, 3.05) is 33.4 Å². The van der Waals surface area contributed by atoms with E-state index in [-0.39, 0.29) is 5.91 Å². The van der Waals surface area contributed by atoms with Gasteiger partial charge in [0, 0.05) is 39.9 Å². The van der Waals surface area contributed by atoms with Crippen LogP contribution in [0.25, 0.3) is 0 Å². The Labute approximate surface area is 125 Å². The molecule has 0 aliphatic carbocycles. The third-order valence-corrected chi connectivity index (χ3v) is 5.08. The third kappa shape index (κ3) is 4.04. The van der Waals surface area contributed by atoms with Crippen LogP contribution in [0.15, 0.2) is 12.4 Å². The van der Waals surface area contributed by atoms with Crippen LogP contribution in [-0.2, 0) is 16.6 Å². The van der Waals surface area contributed by atoms with Crippen LogP contribution >= 0.6 is 0 Å². The van der Waals surface area contributed by atoms with E-state index in [4.69, 9.17) is 0 Å². The highest BCUT2D eigenvalue weighted by atomic mass is 32.2. The van der Waals surface area contributed by atoms with Crippen LogP contribution in [0.3, 0.4) is 0 Å². The zero-order valence-electron chi connectivity index (χ0n) is 12.7. The minimum atomic E-state index is -3.08. The monoisotopic (exact) mass is 314 g/mol. The van der Waals surface area contributed by atoms with Crippen LogP contribution in [-0.4, -0.2) is 66.8 Å². The summed E-state index contributed by atoms with van der Waals surface area (Å²) in [6.45, 7) is 1.85. The van der Waals surface area contributed by atoms with Crippen molar-refractivity contribution in [2.24, 2.45) is 5.92 Å². The van der Waals surface area contributed by atoms with Gasteiger partial charge in [0.2, 0.25) is 10.0 Å². The average Bonchev–Trinajstić information content (AvgIpc) is 2.85. The molecule has 118 valence electrons. The van der Waals surface area contributed by atoms with Gasteiger partial charge in [-0.15, -0.1) is 0 Å². The predicted molar refractivity (Wildman–Crippen MR) is 79.4 cm³/mol. The van der Waals surface area contributed by atoms with Crippen LogP contribution in [0.5, 0.6) is 0 Å². The Hall–Kier alpha value is -1.41. The van der Waals surface area contributed by atoms with Crippen molar-refractivity contribution >= 4 is 15.9 Å². The van der Waals surface area contributed by atoms with Gasteiger partial charge in [-0.1, -0.05) is 0 Å². The van der Waals surface area contributed by atoms with Gasteiger partial charge < -0.3 is 4.90 Å². The van der Waals surface area contributed by atoms with Gasteiger partial charge in [0.25, 0.3) is 5.91 Å². The Morgan fingerprint density at radius 2 is 2.00 bits per heavy atom. The van der Waals surface area contributed by atoms with Crippen molar-refractivity contribution in [3.05, 3.63) is 18.0 Å². The molecule has 0 aromatic carbocycles. The van der Waals surface area contributed by atoms with E-state index in [0.29, 0.717) is 24.6 Å². The molecular formula is C13H22N4O3S. The van der Waals surface area contributed by atoms with Crippen LogP contribution in [0.4, 0.5) is 0 Å². The van der Waals surface area contributed by atoms with Crippen molar-refractivity contribution in [3.63, 3.8) is 0 Å². The average molecular weight is 314 g/mol. The third-order valence-electron chi connectivity index (χ3n) is 3.77. The highest BCUT2D eigenvalue weighted by molar-refractivity contribution is 7.88. The van der Waals surface area contributed by atoms with Gasteiger partial charge >= 0.3 is 0 Å². The van der Waals surface area contributed by atoms with Crippen LogP contribution < -0.4 is 0 Å². The second kappa shape index (κ2) is 6.15. The van der Waals surface area contributed by atoms with E-state index >= 15 is 0 Å². The first kappa shape index (κ1) is 16.0. The number of piperidine rings is 1. The fourth-order valence-corrected chi connectivity index (χ4v) is 3.39. The molecule has 0 bridgehead atoms. The standard InChI is InChI=1S/C13H22N4O3S/c1-15(2)13(18)12-8-14-16(10-12)9-11-4-6-17(7-5-11)21(3,19)20/h8,10-11H,4-7,9H2,1-3H3. The topological polar surface area (TPSA) is 75.5 Å². The zero-order valence-corrected chi connectivity index (χ0v) is 13.5. The second-order valence-electron chi connectivity index (χ2n) is 5.76. The maximum atomic E-state index is 11.8. The minimum Gasteiger partial charge on any atom is -0.345 e. The predicted octanol–water partition coefficient (Wildman–Crippen LogP) is 0.257. The molecule has 1 aromatic heterocycles. The number of aromatic nitrogens is 2. The van der Waals surface area contributed by atoms with Gasteiger partial charge in [-0.3, -0.25) is 9.48 Å². The smallest absolute Gasteiger partial charge is 0.256 e. The first-order valence-electron chi connectivity index (χ1n) is 6.96. The summed E-state index contributed by atoms with van der Waals surface area (Å²) in [5.41, 5.74) is 0.577. The van der Waals surface area contributed by atoms with Gasteiger partial charge in [0.15, 0.2) is 0 Å². The molecule has 2 heterocycles. The molecule has 1 fully saturated rings. The van der Waals surface area contributed by atoms with E-state index in [9.17, 15) is 13.2 Å². The molecule has 2 rings (SSSR count). The lowest BCUT2D eigenvalue weighted by molar-refractivity contribution is 0.0827. The first-order chi connectivity index (χ1) is 9.77. The van der Waals surface area contributed by atoms with Crippen molar-refractivity contribution in [2.45, 2.75) is 19.4 Å². The Morgan fingerprint density at radius 3 is 2.52 bits per heavy atom. The molecule has 0 unspecified atom stereocenters. The molecular weight excluding hydrogens is 292 g/mol. The fourth-order valence-electron chi connectivity index (χ4n) is 2.52. The number of carbonyl (C=O) groups is 1. The van der Waals surface area contributed by atoms with Crippen LogP contribution in [0.2, 0.25) is 0 Å². The van der Waals surface area contributed by atoms with Gasteiger partial charge in [-0.25, -0.2) is 12.7 Å². The number of carbonyl (C=O) groups excluding carboxylic acids is 1. The number of hydrogen-bond donors (Lipinski definition) is 0. The molecule has 0 atom stereocenters. The normalized spacial score (nSPS) is 17.9.